The number of phosphoric ester groups is 1. The van der Waals surface area contributed by atoms with Crippen molar-refractivity contribution >= 4 is 19.8 Å². The van der Waals surface area contributed by atoms with Gasteiger partial charge in [-0.1, -0.05) is 137 Å². The van der Waals surface area contributed by atoms with Gasteiger partial charge >= 0.3 is 19.8 Å². The Morgan fingerprint density at radius 3 is 1.58 bits per heavy atom. The molecule has 364 valence electrons. The third-order valence-corrected chi connectivity index (χ3v) is 11.1. The Morgan fingerprint density at radius 1 is 0.562 bits per heavy atom. The van der Waals surface area contributed by atoms with Gasteiger partial charge in [-0.2, -0.15) is 0 Å². The van der Waals surface area contributed by atoms with Crippen LogP contribution in [0.15, 0.2) is 97.2 Å². The average molecular weight is 923 g/mol. The molecule has 15 heteroatoms. The van der Waals surface area contributed by atoms with Crippen LogP contribution in [0, 0.1) is 0 Å². The number of aliphatic hydroxyl groups excluding tert-OH is 6. The van der Waals surface area contributed by atoms with E-state index in [0.29, 0.717) is 25.7 Å². The highest BCUT2D eigenvalue weighted by Gasteiger charge is 2.51. The first kappa shape index (κ1) is 58.7. The van der Waals surface area contributed by atoms with E-state index in [0.717, 1.165) is 64.2 Å². The maximum absolute atomic E-state index is 12.8. The van der Waals surface area contributed by atoms with Crippen molar-refractivity contribution in [3.05, 3.63) is 97.2 Å². The van der Waals surface area contributed by atoms with Crippen LogP contribution in [0.4, 0.5) is 0 Å². The van der Waals surface area contributed by atoms with E-state index in [4.69, 9.17) is 18.5 Å². The van der Waals surface area contributed by atoms with E-state index >= 15 is 0 Å². The summed E-state index contributed by atoms with van der Waals surface area (Å²) in [5.74, 6) is -1.22. The molecule has 0 amide bonds. The lowest BCUT2D eigenvalue weighted by molar-refractivity contribution is -0.220. The van der Waals surface area contributed by atoms with Crippen molar-refractivity contribution in [1.29, 1.82) is 0 Å². The number of esters is 2. The Balaban J connectivity index is 2.54. The number of allylic oxidation sites excluding steroid dienone is 15. The minimum absolute atomic E-state index is 0.00652. The van der Waals surface area contributed by atoms with Gasteiger partial charge in [0.15, 0.2) is 6.10 Å². The summed E-state index contributed by atoms with van der Waals surface area (Å²) in [6, 6.07) is 0. The molecule has 0 aromatic rings. The molecule has 0 saturated heterocycles. The number of carbonyl (C=O) groups is 2. The number of unbranched alkanes of at least 4 members (excludes halogenated alkanes) is 8. The molecule has 0 spiro atoms. The predicted octanol–water partition coefficient (Wildman–Crippen LogP) is 8.02. The largest absolute Gasteiger partial charge is 0.472 e. The second-order valence-electron chi connectivity index (χ2n) is 15.7. The second kappa shape index (κ2) is 37.9. The molecule has 14 nitrogen and oxygen atoms in total. The number of hydrogen-bond acceptors (Lipinski definition) is 13. The third-order valence-electron chi connectivity index (χ3n) is 10.1. The van der Waals surface area contributed by atoms with Crippen molar-refractivity contribution < 1.29 is 68.2 Å². The number of phosphoric acid groups is 1. The van der Waals surface area contributed by atoms with E-state index in [2.05, 4.69) is 61.6 Å². The van der Waals surface area contributed by atoms with Crippen molar-refractivity contribution in [2.45, 2.75) is 185 Å². The van der Waals surface area contributed by atoms with Crippen LogP contribution in [0.5, 0.6) is 0 Å². The minimum atomic E-state index is -5.16. The van der Waals surface area contributed by atoms with Gasteiger partial charge in [0, 0.05) is 12.8 Å². The molecule has 1 aliphatic carbocycles. The summed E-state index contributed by atoms with van der Waals surface area (Å²) < 4.78 is 33.4. The number of ether oxygens (including phenoxy) is 2. The van der Waals surface area contributed by atoms with Crippen LogP contribution in [0.3, 0.4) is 0 Å². The summed E-state index contributed by atoms with van der Waals surface area (Å²) in [5, 5.41) is 59.6. The second-order valence-corrected chi connectivity index (χ2v) is 17.1. The standard InChI is InChI=1S/C49H79O14P/c1-3-5-6-7-8-9-10-11-12-13-14-18-21-24-27-30-33-36-42(51)60-38-41(39-61-64(58,59)63-49-47(56)45(54)44(53)46(55)48(49)57)62-43(52)37-34-31-28-25-22-19-16-15-17-20-23-26-29-32-35-40(50)4-2/h8-9,11-12,14,16-20,25-26,28-29,32,35,40-41,44-50,53-57H,3-7,10,13,15,21-24,27,30-31,33-34,36-39H2,1-2H3,(H,58,59)/b9-8-,12-11-,18-14-,19-16-,20-17-,28-25-,29-26-,35-32+/t40-,41-,44?,45-,46+,47-,48-,49?/m1/s1. The zero-order valence-corrected chi connectivity index (χ0v) is 39.0. The van der Waals surface area contributed by atoms with Crippen molar-refractivity contribution in [2.24, 2.45) is 0 Å². The smallest absolute Gasteiger partial charge is 0.462 e. The zero-order valence-electron chi connectivity index (χ0n) is 38.1. The summed E-state index contributed by atoms with van der Waals surface area (Å²) in [6.45, 7) is 2.86. The van der Waals surface area contributed by atoms with Crippen LogP contribution < -0.4 is 0 Å². The average Bonchev–Trinajstić information content (AvgIpc) is 3.28. The highest BCUT2D eigenvalue weighted by molar-refractivity contribution is 7.47. The van der Waals surface area contributed by atoms with E-state index in [1.807, 2.05) is 43.4 Å². The number of aliphatic hydroxyl groups is 6. The number of carbonyl (C=O) groups excluding carboxylic acids is 2. The Kier molecular flexibility index (Phi) is 34.8. The van der Waals surface area contributed by atoms with Crippen LogP contribution >= 0.6 is 7.82 Å². The number of rotatable bonds is 36. The fourth-order valence-electron chi connectivity index (χ4n) is 6.16. The van der Waals surface area contributed by atoms with E-state index in [9.17, 15) is 49.7 Å². The van der Waals surface area contributed by atoms with Crippen LogP contribution in [-0.4, -0.2) is 110 Å². The van der Waals surface area contributed by atoms with Gasteiger partial charge < -0.3 is 45.0 Å². The van der Waals surface area contributed by atoms with Crippen LogP contribution in [-0.2, 0) is 32.7 Å². The van der Waals surface area contributed by atoms with Gasteiger partial charge in [0.05, 0.1) is 12.7 Å². The van der Waals surface area contributed by atoms with Crippen LogP contribution in [0.1, 0.15) is 136 Å². The van der Waals surface area contributed by atoms with Gasteiger partial charge in [0.1, 0.15) is 43.2 Å². The molecular formula is C49H79O14P. The molecule has 1 aliphatic rings. The van der Waals surface area contributed by atoms with Gasteiger partial charge in [0.25, 0.3) is 0 Å². The maximum Gasteiger partial charge on any atom is 0.472 e. The summed E-state index contributed by atoms with van der Waals surface area (Å²) in [4.78, 5) is 35.7. The molecule has 0 radical (unpaired) electrons. The summed E-state index contributed by atoms with van der Waals surface area (Å²) in [7, 11) is -5.16. The first-order chi connectivity index (χ1) is 30.8. The normalized spacial score (nSPS) is 23.0. The zero-order chi connectivity index (χ0) is 47.3. The lowest BCUT2D eigenvalue weighted by Crippen LogP contribution is -2.64. The Hall–Kier alpha value is -3.27. The summed E-state index contributed by atoms with van der Waals surface area (Å²) >= 11 is 0. The summed E-state index contributed by atoms with van der Waals surface area (Å²) in [6.07, 6.45) is 34.1. The molecule has 0 aromatic heterocycles. The first-order valence-corrected chi connectivity index (χ1v) is 24.6. The SMILES string of the molecule is CCCCC/C=C\C/C=C\C/C=C\CCCCCCC(=O)OC[C@H](COP(=O)(O)OC1[C@H](O)[C@H](O)C(O)[C@H](O)[C@H]1O)OC(=O)CCC/C=C\C/C=C\C/C=C\C/C=C\C=C\[C@H](O)CC. The first-order valence-electron chi connectivity index (χ1n) is 23.1. The van der Waals surface area contributed by atoms with Gasteiger partial charge in [-0.15, -0.1) is 0 Å². The molecule has 3 unspecified atom stereocenters. The molecule has 0 aliphatic heterocycles. The lowest BCUT2D eigenvalue weighted by atomic mass is 9.85. The Bertz CT molecular complexity index is 1500. The molecule has 64 heavy (non-hydrogen) atoms. The van der Waals surface area contributed by atoms with E-state index in [1.165, 1.54) is 19.3 Å². The van der Waals surface area contributed by atoms with E-state index < -0.39 is 81.8 Å². The molecule has 0 heterocycles. The minimum Gasteiger partial charge on any atom is -0.462 e. The summed E-state index contributed by atoms with van der Waals surface area (Å²) in [5.41, 5.74) is 0. The Labute approximate surface area is 382 Å². The molecular weight excluding hydrogens is 843 g/mol. The van der Waals surface area contributed by atoms with E-state index in [-0.39, 0.29) is 12.8 Å². The molecule has 7 N–H and O–H groups in total. The number of hydrogen-bond donors (Lipinski definition) is 7. The van der Waals surface area contributed by atoms with Crippen molar-refractivity contribution in [3.63, 3.8) is 0 Å². The van der Waals surface area contributed by atoms with Crippen molar-refractivity contribution in [1.82, 2.24) is 0 Å². The van der Waals surface area contributed by atoms with Gasteiger partial charge in [0.2, 0.25) is 0 Å². The van der Waals surface area contributed by atoms with Gasteiger partial charge in [-0.25, -0.2) is 4.57 Å². The van der Waals surface area contributed by atoms with Crippen molar-refractivity contribution in [3.8, 4) is 0 Å². The third kappa shape index (κ3) is 30.0. The molecule has 0 bridgehead atoms. The molecule has 1 saturated carbocycles. The van der Waals surface area contributed by atoms with Gasteiger partial charge in [-0.05, 0) is 83.5 Å². The quantitative estimate of drug-likeness (QED) is 0.0104. The molecule has 1 fully saturated rings. The molecule has 0 aromatic carbocycles. The molecule has 9 atom stereocenters. The predicted molar refractivity (Wildman–Crippen MR) is 250 cm³/mol. The topological polar surface area (TPSA) is 230 Å². The maximum atomic E-state index is 12.8. The van der Waals surface area contributed by atoms with Crippen LogP contribution in [0.2, 0.25) is 0 Å². The fraction of sp³-hybridized carbons (Fsp3) is 0.633. The van der Waals surface area contributed by atoms with Crippen molar-refractivity contribution in [2.75, 3.05) is 13.2 Å². The lowest BCUT2D eigenvalue weighted by Gasteiger charge is -2.41. The van der Waals surface area contributed by atoms with Crippen LogP contribution in [0.25, 0.3) is 0 Å². The highest BCUT2D eigenvalue weighted by Crippen LogP contribution is 2.47. The highest BCUT2D eigenvalue weighted by atomic mass is 31.2. The van der Waals surface area contributed by atoms with E-state index in [1.54, 1.807) is 6.08 Å². The molecule has 1 rings (SSSR count). The fourth-order valence-corrected chi connectivity index (χ4v) is 7.13. The monoisotopic (exact) mass is 923 g/mol. The Morgan fingerprint density at radius 2 is 1.03 bits per heavy atom. The van der Waals surface area contributed by atoms with Gasteiger partial charge in [-0.3, -0.25) is 18.6 Å².